The number of nitrogens with zero attached hydrogens (tertiary/aromatic N) is 3. The number of halogens is 1. The molecule has 1 aliphatic heterocycles. The molecule has 0 unspecified atom stereocenters. The van der Waals surface area contributed by atoms with Gasteiger partial charge in [-0.15, -0.1) is 4.40 Å². The molecular formula is C22H21FN4O2S. The number of para-hydroxylation sites is 1. The van der Waals surface area contributed by atoms with Crippen LogP contribution in [0, 0.1) is 5.82 Å². The third-order valence-electron chi connectivity index (χ3n) is 4.78. The lowest BCUT2D eigenvalue weighted by Crippen LogP contribution is -2.36. The first-order chi connectivity index (χ1) is 14.5. The van der Waals surface area contributed by atoms with Gasteiger partial charge >= 0.3 is 0 Å². The second kappa shape index (κ2) is 8.73. The van der Waals surface area contributed by atoms with E-state index in [9.17, 15) is 12.8 Å². The van der Waals surface area contributed by atoms with Gasteiger partial charge in [-0.3, -0.25) is 9.88 Å². The van der Waals surface area contributed by atoms with Crippen LogP contribution in [0.1, 0.15) is 11.3 Å². The van der Waals surface area contributed by atoms with Crippen molar-refractivity contribution in [3.63, 3.8) is 0 Å². The summed E-state index contributed by atoms with van der Waals surface area (Å²) in [6, 6.07) is 18.8. The van der Waals surface area contributed by atoms with Gasteiger partial charge < -0.3 is 5.32 Å². The summed E-state index contributed by atoms with van der Waals surface area (Å²) in [6.07, 6.45) is 2.44. The number of anilines is 1. The lowest BCUT2D eigenvalue weighted by atomic mass is 10.2. The van der Waals surface area contributed by atoms with E-state index in [1.807, 2.05) is 18.2 Å². The molecule has 0 saturated heterocycles. The fourth-order valence-electron chi connectivity index (χ4n) is 3.33. The largest absolute Gasteiger partial charge is 0.341 e. The molecule has 0 bridgehead atoms. The van der Waals surface area contributed by atoms with E-state index in [4.69, 9.17) is 0 Å². The SMILES string of the molecule is O=S1(=O)N=C(CN(CCc2ccccn2)Cc2ccc(F)cc2)Nc2ccccc21. The van der Waals surface area contributed by atoms with Gasteiger partial charge in [0.1, 0.15) is 16.5 Å². The number of hydrogen-bond acceptors (Lipinski definition) is 5. The van der Waals surface area contributed by atoms with Crippen LogP contribution in [-0.2, 0) is 23.0 Å². The lowest BCUT2D eigenvalue weighted by Gasteiger charge is -2.25. The second-order valence-corrected chi connectivity index (χ2v) is 8.61. The monoisotopic (exact) mass is 424 g/mol. The molecule has 1 N–H and O–H groups in total. The average Bonchev–Trinajstić information content (AvgIpc) is 2.74. The van der Waals surface area contributed by atoms with Crippen molar-refractivity contribution in [3.05, 3.63) is 90.0 Å². The van der Waals surface area contributed by atoms with E-state index >= 15 is 0 Å². The molecule has 0 fully saturated rings. The normalized spacial score (nSPS) is 14.7. The highest BCUT2D eigenvalue weighted by Gasteiger charge is 2.25. The van der Waals surface area contributed by atoms with Crippen molar-refractivity contribution in [2.24, 2.45) is 4.40 Å². The molecule has 1 aromatic heterocycles. The molecule has 8 heteroatoms. The minimum absolute atomic E-state index is 0.173. The van der Waals surface area contributed by atoms with Crippen LogP contribution >= 0.6 is 0 Å². The Bertz CT molecular complexity index is 1150. The lowest BCUT2D eigenvalue weighted by molar-refractivity contribution is 0.306. The molecule has 4 rings (SSSR count). The zero-order chi connectivity index (χ0) is 21.0. The predicted octanol–water partition coefficient (Wildman–Crippen LogP) is 3.48. The number of amidine groups is 1. The van der Waals surface area contributed by atoms with Crippen LogP contribution in [0.2, 0.25) is 0 Å². The zero-order valence-electron chi connectivity index (χ0n) is 16.2. The summed E-state index contributed by atoms with van der Waals surface area (Å²) in [7, 11) is -3.75. The zero-order valence-corrected chi connectivity index (χ0v) is 17.0. The van der Waals surface area contributed by atoms with Crippen LogP contribution in [0.25, 0.3) is 0 Å². The van der Waals surface area contributed by atoms with Gasteiger partial charge in [-0.1, -0.05) is 30.3 Å². The summed E-state index contributed by atoms with van der Waals surface area (Å²) < 4.78 is 42.3. The van der Waals surface area contributed by atoms with Crippen molar-refractivity contribution >= 4 is 21.5 Å². The number of rotatable bonds is 7. The molecule has 0 saturated carbocycles. The number of pyridine rings is 1. The van der Waals surface area contributed by atoms with E-state index in [1.54, 1.807) is 36.5 Å². The Balaban J connectivity index is 1.54. The topological polar surface area (TPSA) is 74.7 Å². The maximum atomic E-state index is 13.3. The molecule has 30 heavy (non-hydrogen) atoms. The Morgan fingerprint density at radius 2 is 1.70 bits per heavy atom. The van der Waals surface area contributed by atoms with Gasteiger partial charge in [0.05, 0.1) is 12.2 Å². The fourth-order valence-corrected chi connectivity index (χ4v) is 4.47. The van der Waals surface area contributed by atoms with Crippen LogP contribution < -0.4 is 5.32 Å². The minimum Gasteiger partial charge on any atom is -0.341 e. The maximum absolute atomic E-state index is 13.3. The Morgan fingerprint density at radius 3 is 2.47 bits per heavy atom. The molecule has 0 amide bonds. The quantitative estimate of drug-likeness (QED) is 0.629. The summed E-state index contributed by atoms with van der Waals surface area (Å²) in [5.74, 6) is 0.0663. The summed E-state index contributed by atoms with van der Waals surface area (Å²) >= 11 is 0. The highest BCUT2D eigenvalue weighted by Crippen LogP contribution is 2.26. The third kappa shape index (κ3) is 4.90. The van der Waals surface area contributed by atoms with Crippen LogP contribution in [0.4, 0.5) is 10.1 Å². The van der Waals surface area contributed by atoms with E-state index in [2.05, 4.69) is 19.6 Å². The summed E-state index contributed by atoms with van der Waals surface area (Å²) in [5.41, 5.74) is 2.39. The summed E-state index contributed by atoms with van der Waals surface area (Å²) in [6.45, 7) is 1.46. The number of aromatic nitrogens is 1. The highest BCUT2D eigenvalue weighted by atomic mass is 32.2. The first-order valence-corrected chi connectivity index (χ1v) is 11.0. The Labute approximate surface area is 175 Å². The molecule has 0 spiro atoms. The molecule has 1 aliphatic rings. The Kier molecular flexibility index (Phi) is 5.87. The molecule has 2 heterocycles. The van der Waals surface area contributed by atoms with E-state index in [-0.39, 0.29) is 10.7 Å². The van der Waals surface area contributed by atoms with Gasteiger partial charge in [0.25, 0.3) is 10.0 Å². The molecule has 0 atom stereocenters. The van der Waals surface area contributed by atoms with E-state index in [0.717, 1.165) is 11.3 Å². The van der Waals surface area contributed by atoms with Gasteiger partial charge in [-0.2, -0.15) is 8.42 Å². The van der Waals surface area contributed by atoms with Crippen molar-refractivity contribution in [3.8, 4) is 0 Å². The number of sulfonamides is 1. The third-order valence-corrected chi connectivity index (χ3v) is 6.15. The smallest absolute Gasteiger partial charge is 0.286 e. The van der Waals surface area contributed by atoms with Crippen LogP contribution in [0.3, 0.4) is 0 Å². The highest BCUT2D eigenvalue weighted by molar-refractivity contribution is 7.90. The van der Waals surface area contributed by atoms with Crippen LogP contribution in [0.15, 0.2) is 82.2 Å². The van der Waals surface area contributed by atoms with Gasteiger partial charge in [0.15, 0.2) is 0 Å². The first-order valence-electron chi connectivity index (χ1n) is 9.56. The van der Waals surface area contributed by atoms with Crippen LogP contribution in [-0.4, -0.2) is 37.2 Å². The predicted molar refractivity (Wildman–Crippen MR) is 114 cm³/mol. The Hall–Kier alpha value is -3.10. The standard InChI is InChI=1S/C22H21FN4O2S/c23-18-10-8-17(9-11-18)15-27(14-12-19-5-3-4-13-24-19)16-22-25-20-6-1-2-7-21(20)30(28,29)26-22/h1-11,13H,12,14-16H2,(H,25,26). The van der Waals surface area contributed by atoms with E-state index < -0.39 is 10.0 Å². The Morgan fingerprint density at radius 1 is 0.933 bits per heavy atom. The first kappa shape index (κ1) is 20.2. The van der Waals surface area contributed by atoms with Crippen molar-refractivity contribution in [1.29, 1.82) is 0 Å². The number of nitrogens with one attached hydrogen (secondary N) is 1. The van der Waals surface area contributed by atoms with Crippen molar-refractivity contribution < 1.29 is 12.8 Å². The fraction of sp³-hybridized carbons (Fsp3) is 0.182. The second-order valence-electron chi connectivity index (χ2n) is 7.04. The molecule has 6 nitrogen and oxygen atoms in total. The average molecular weight is 425 g/mol. The minimum atomic E-state index is -3.75. The molecule has 154 valence electrons. The van der Waals surface area contributed by atoms with Gasteiger partial charge in [-0.05, 0) is 42.0 Å². The molecule has 0 aliphatic carbocycles. The maximum Gasteiger partial charge on any atom is 0.286 e. The van der Waals surface area contributed by atoms with Gasteiger partial charge in [0, 0.05) is 31.4 Å². The summed E-state index contributed by atoms with van der Waals surface area (Å²) in [4.78, 5) is 6.59. The number of benzene rings is 2. The van der Waals surface area contributed by atoms with Crippen molar-refractivity contribution in [2.45, 2.75) is 17.9 Å². The van der Waals surface area contributed by atoms with Crippen LogP contribution in [0.5, 0.6) is 0 Å². The van der Waals surface area contributed by atoms with Crippen molar-refractivity contribution in [1.82, 2.24) is 9.88 Å². The molecule has 3 aromatic rings. The van der Waals surface area contributed by atoms with Gasteiger partial charge in [0.2, 0.25) is 0 Å². The number of hydrogen-bond donors (Lipinski definition) is 1. The van der Waals surface area contributed by atoms with E-state index in [1.165, 1.54) is 18.2 Å². The molecule has 0 radical (unpaired) electrons. The number of fused-ring (bicyclic) bond motifs is 1. The molecular weight excluding hydrogens is 403 g/mol. The van der Waals surface area contributed by atoms with Gasteiger partial charge in [-0.25, -0.2) is 4.39 Å². The van der Waals surface area contributed by atoms with E-state index in [0.29, 0.717) is 37.6 Å². The van der Waals surface area contributed by atoms with Crippen molar-refractivity contribution in [2.75, 3.05) is 18.4 Å². The summed E-state index contributed by atoms with van der Waals surface area (Å²) in [5, 5.41) is 3.13. The molecule has 2 aromatic carbocycles.